The molecule has 8 bridgehead atoms. The van der Waals surface area contributed by atoms with E-state index in [0.29, 0.717) is 72.2 Å². The highest BCUT2D eigenvalue weighted by Gasteiger charge is 2.27. The van der Waals surface area contributed by atoms with E-state index in [-0.39, 0.29) is 35.1 Å². The van der Waals surface area contributed by atoms with Crippen molar-refractivity contribution in [1.82, 2.24) is 58.6 Å². The Morgan fingerprint density at radius 1 is 0.769 bits per heavy atom. The van der Waals surface area contributed by atoms with Crippen LogP contribution >= 0.6 is 0 Å². The van der Waals surface area contributed by atoms with E-state index in [1.807, 2.05) is 65.6 Å². The molecule has 5 N–H and O–H groups in total. The lowest BCUT2D eigenvalue weighted by atomic mass is 10.2. The van der Waals surface area contributed by atoms with Gasteiger partial charge in [0.25, 0.3) is 11.8 Å². The van der Waals surface area contributed by atoms with Crippen molar-refractivity contribution in [3.63, 3.8) is 0 Å². The molecule has 3 amide bonds. The average Bonchev–Trinajstić information content (AvgIpc) is 4.09. The van der Waals surface area contributed by atoms with Crippen LogP contribution in [0.15, 0.2) is 73.8 Å². The number of imidazole rings is 2. The van der Waals surface area contributed by atoms with E-state index in [4.69, 9.17) is 14.2 Å². The highest BCUT2D eigenvalue weighted by Crippen LogP contribution is 2.29. The molecule has 2 aliphatic rings. The zero-order valence-electron chi connectivity index (χ0n) is 36.8. The molecule has 65 heavy (non-hydrogen) atoms. The minimum Gasteiger partial charge on any atom is -0.443 e. The molecule has 10 rings (SSSR count). The van der Waals surface area contributed by atoms with E-state index in [0.717, 1.165) is 22.5 Å². The molecule has 10 heterocycles. The minimum absolute atomic E-state index is 0.165. The summed E-state index contributed by atoms with van der Waals surface area (Å²) in [5, 5.41) is 24.3. The Bertz CT molecular complexity index is 3110. The number of aromatic nitrogens is 10. The fraction of sp³-hybridized carbons (Fsp3) is 0.326. The minimum atomic E-state index is -0.688. The normalized spacial score (nSPS) is 16.8. The fourth-order valence-electron chi connectivity index (χ4n) is 7.39. The third-order valence-electron chi connectivity index (χ3n) is 10.3. The summed E-state index contributed by atoms with van der Waals surface area (Å²) in [6.07, 6.45) is 13.5. The number of nitrogens with zero attached hydrogens (tertiary/aromatic N) is 11. The van der Waals surface area contributed by atoms with Gasteiger partial charge in [-0.15, -0.1) is 0 Å². The van der Waals surface area contributed by atoms with Gasteiger partial charge in [0.1, 0.15) is 40.0 Å². The second kappa shape index (κ2) is 17.0. The van der Waals surface area contributed by atoms with E-state index < -0.39 is 11.7 Å². The number of anilines is 6. The summed E-state index contributed by atoms with van der Waals surface area (Å²) in [6.45, 7) is 10.6. The number of rotatable bonds is 2. The van der Waals surface area contributed by atoms with Gasteiger partial charge in [-0.2, -0.15) is 19.2 Å². The number of pyridine rings is 2. The molecule has 0 radical (unpaired) electrons. The third kappa shape index (κ3) is 8.75. The van der Waals surface area contributed by atoms with Crippen molar-refractivity contribution in [2.75, 3.05) is 48.2 Å². The van der Waals surface area contributed by atoms with Crippen molar-refractivity contribution in [2.24, 2.45) is 0 Å². The maximum Gasteiger partial charge on any atom is 0.415 e. The van der Waals surface area contributed by atoms with Crippen LogP contribution in [0.1, 0.15) is 66.5 Å². The molecule has 8 aromatic rings. The van der Waals surface area contributed by atoms with Crippen molar-refractivity contribution >= 4 is 75.1 Å². The van der Waals surface area contributed by atoms with Crippen molar-refractivity contribution in [2.45, 2.75) is 65.5 Å². The van der Waals surface area contributed by atoms with Crippen LogP contribution in [0.5, 0.6) is 0 Å². The number of fused-ring (bicyclic) bond motifs is 10. The smallest absolute Gasteiger partial charge is 0.415 e. The standard InChI is InChI=1S/C24H28N8O4.C19H20N8O2/c1-14-12-35-13-15-8-17(21-25-6-7-31(21)11-15)28-18-9-19(30(5)23(34)36-24(2,3)4)32-20(29-18)16(10-26-32)22(33)27-14;1-11-9-29-10-12-5-14(18-21-3-4-26(18)8-12)24-15-6-16(20-2)27-17(25-15)13(7-22-27)19(28)23-11/h6-11,14H,12-13H2,1-5H3,(H,27,33)(H,28,29);3-8,11,20H,9-10H2,1-2H3,(H,23,28)(H,24,25)/t14-;11-/m11/s1. The predicted molar refractivity (Wildman–Crippen MR) is 240 cm³/mol. The number of hydrogen-bond acceptors (Lipinski definition) is 15. The van der Waals surface area contributed by atoms with Crippen molar-refractivity contribution in [1.29, 1.82) is 0 Å². The topological polar surface area (TPSA) is 237 Å². The number of hydrogen-bond donors (Lipinski definition) is 5. The fourth-order valence-corrected chi connectivity index (χ4v) is 7.39. The molecule has 0 saturated heterocycles. The van der Waals surface area contributed by atoms with Gasteiger partial charge in [-0.3, -0.25) is 14.5 Å². The Balaban J connectivity index is 0.000000168. The van der Waals surface area contributed by atoms with Gasteiger partial charge in [-0.25, -0.2) is 24.7 Å². The Morgan fingerprint density at radius 3 is 1.80 bits per heavy atom. The third-order valence-corrected chi connectivity index (χ3v) is 10.3. The molecule has 0 aliphatic carbocycles. The largest absolute Gasteiger partial charge is 0.443 e. The zero-order chi connectivity index (χ0) is 45.6. The Hall–Kier alpha value is -7.85. The first kappa shape index (κ1) is 42.5. The maximum atomic E-state index is 13.1. The molecular formula is C43H48N16O6. The summed E-state index contributed by atoms with van der Waals surface area (Å²) >= 11 is 0. The quantitative estimate of drug-likeness (QED) is 0.154. The van der Waals surface area contributed by atoms with Gasteiger partial charge in [0.15, 0.2) is 22.6 Å². The first-order valence-corrected chi connectivity index (χ1v) is 20.9. The number of carbonyl (C=O) groups is 3. The van der Waals surface area contributed by atoms with Gasteiger partial charge in [0, 0.05) is 75.5 Å². The van der Waals surface area contributed by atoms with E-state index in [9.17, 15) is 14.4 Å². The molecule has 8 aromatic heterocycles. The van der Waals surface area contributed by atoms with Gasteiger partial charge < -0.3 is 49.6 Å². The monoisotopic (exact) mass is 884 g/mol. The van der Waals surface area contributed by atoms with E-state index in [2.05, 4.69) is 56.7 Å². The van der Waals surface area contributed by atoms with Crippen LogP contribution in [0.2, 0.25) is 0 Å². The molecule has 2 atom stereocenters. The lowest BCUT2D eigenvalue weighted by Gasteiger charge is -2.25. The van der Waals surface area contributed by atoms with Crippen molar-refractivity contribution in [3.8, 4) is 0 Å². The second-order valence-electron chi connectivity index (χ2n) is 16.8. The van der Waals surface area contributed by atoms with Crippen molar-refractivity contribution < 1.29 is 28.6 Å². The molecule has 22 nitrogen and oxygen atoms in total. The van der Waals surface area contributed by atoms with Gasteiger partial charge >= 0.3 is 6.09 Å². The zero-order valence-corrected chi connectivity index (χ0v) is 36.8. The van der Waals surface area contributed by atoms with Crippen LogP contribution in [-0.2, 0) is 27.4 Å². The highest BCUT2D eigenvalue weighted by atomic mass is 16.6. The van der Waals surface area contributed by atoms with Crippen LogP contribution in [0.25, 0.3) is 22.6 Å². The summed E-state index contributed by atoms with van der Waals surface area (Å²) in [5.74, 6) is 1.46. The molecule has 2 aliphatic heterocycles. The highest BCUT2D eigenvalue weighted by molar-refractivity contribution is 6.01. The summed E-state index contributed by atoms with van der Waals surface area (Å²) < 4.78 is 24.1. The molecule has 0 unspecified atom stereocenters. The Labute approximate surface area is 371 Å². The first-order valence-electron chi connectivity index (χ1n) is 20.9. The molecule has 0 saturated carbocycles. The first-order chi connectivity index (χ1) is 31.2. The number of ether oxygens (including phenoxy) is 3. The molecule has 22 heteroatoms. The number of amides is 3. The number of nitrogens with one attached hydrogen (secondary N) is 5. The van der Waals surface area contributed by atoms with Gasteiger partial charge in [0.2, 0.25) is 0 Å². The lowest BCUT2D eigenvalue weighted by Crippen LogP contribution is -2.36. The van der Waals surface area contributed by atoms with E-state index in [1.54, 1.807) is 57.8 Å². The van der Waals surface area contributed by atoms with Gasteiger partial charge in [0.05, 0.1) is 50.2 Å². The van der Waals surface area contributed by atoms with Crippen LogP contribution in [0.3, 0.4) is 0 Å². The van der Waals surface area contributed by atoms with Gasteiger partial charge in [-0.1, -0.05) is 0 Å². The second-order valence-corrected chi connectivity index (χ2v) is 16.8. The molecular weight excluding hydrogens is 837 g/mol. The summed E-state index contributed by atoms with van der Waals surface area (Å²) in [4.78, 5) is 58.3. The SMILES string of the molecule is CNc1cc2nc3c(cnn13)C(=O)N[C@H](C)COCc1cc(c3nccn3c1)N2.C[C@@H]1COCc2cc(c3nccn3c2)Nc2cc(N(C)C(=O)OC(C)(C)C)n3ncc(c3n2)C(=O)N1. The predicted octanol–water partition coefficient (Wildman–Crippen LogP) is 4.95. The molecule has 0 aromatic carbocycles. The summed E-state index contributed by atoms with van der Waals surface area (Å²) in [5.41, 5.74) is 5.56. The maximum absolute atomic E-state index is 13.1. The number of carbonyl (C=O) groups excluding carboxylic acids is 3. The van der Waals surface area contributed by atoms with E-state index in [1.165, 1.54) is 21.8 Å². The van der Waals surface area contributed by atoms with Crippen LogP contribution < -0.4 is 31.5 Å². The van der Waals surface area contributed by atoms with Crippen LogP contribution in [0, 0.1) is 0 Å². The molecule has 0 spiro atoms. The van der Waals surface area contributed by atoms with Crippen LogP contribution in [0.4, 0.5) is 39.4 Å². The van der Waals surface area contributed by atoms with Crippen LogP contribution in [-0.4, -0.2) is 111 Å². The molecule has 0 fully saturated rings. The Kier molecular flexibility index (Phi) is 11.1. The van der Waals surface area contributed by atoms with Crippen molar-refractivity contribution in [3.05, 3.63) is 96.1 Å². The average molecular weight is 885 g/mol. The summed E-state index contributed by atoms with van der Waals surface area (Å²) in [6, 6.07) is 7.03. The Morgan fingerprint density at radius 2 is 1.28 bits per heavy atom. The molecule has 336 valence electrons. The summed E-state index contributed by atoms with van der Waals surface area (Å²) in [7, 11) is 3.38. The lowest BCUT2D eigenvalue weighted by molar-refractivity contribution is 0.0587. The van der Waals surface area contributed by atoms with Gasteiger partial charge in [-0.05, 0) is 57.9 Å². The van der Waals surface area contributed by atoms with E-state index >= 15 is 0 Å².